The van der Waals surface area contributed by atoms with Gasteiger partial charge >= 0.3 is 0 Å². The minimum atomic E-state index is -3.06. The second-order valence-electron chi connectivity index (χ2n) is 7.70. The summed E-state index contributed by atoms with van der Waals surface area (Å²) < 4.78 is 24.1. The molecule has 1 aliphatic heterocycles. The average Bonchev–Trinajstić information content (AvgIpc) is 3.01. The van der Waals surface area contributed by atoms with E-state index >= 15 is 0 Å². The number of hydrogen-bond donors (Lipinski definition) is 0. The quantitative estimate of drug-likeness (QED) is 0.765. The second-order valence-corrected chi connectivity index (χ2v) is 9.92. The number of carbonyl (C=O) groups excluding carboxylic acids is 1. The van der Waals surface area contributed by atoms with Gasteiger partial charge in [-0.25, -0.2) is 8.42 Å². The van der Waals surface area contributed by atoms with Crippen LogP contribution >= 0.6 is 0 Å². The molecule has 3 rings (SSSR count). The van der Waals surface area contributed by atoms with Crippen molar-refractivity contribution in [2.24, 2.45) is 5.92 Å². The molecule has 2 aromatic rings. The molecule has 1 fully saturated rings. The molecule has 0 bridgehead atoms. The Bertz CT molecular complexity index is 823. The Hall–Kier alpha value is -2.14. The predicted molar refractivity (Wildman–Crippen MR) is 108 cm³/mol. The van der Waals surface area contributed by atoms with Crippen LogP contribution in [0.3, 0.4) is 0 Å². The van der Waals surface area contributed by atoms with Crippen molar-refractivity contribution in [3.05, 3.63) is 71.8 Å². The smallest absolute Gasteiger partial charge is 0.234 e. The van der Waals surface area contributed by atoms with E-state index in [-0.39, 0.29) is 29.4 Å². The van der Waals surface area contributed by atoms with E-state index in [1.165, 1.54) is 0 Å². The van der Waals surface area contributed by atoms with Crippen LogP contribution in [-0.4, -0.2) is 43.3 Å². The Balaban J connectivity index is 1.99. The highest BCUT2D eigenvalue weighted by atomic mass is 32.2. The van der Waals surface area contributed by atoms with E-state index < -0.39 is 15.8 Å². The first kappa shape index (κ1) is 19.6. The molecule has 144 valence electrons. The third kappa shape index (κ3) is 4.78. The summed E-state index contributed by atoms with van der Waals surface area (Å²) in [7, 11) is -3.06. The highest BCUT2D eigenvalue weighted by Crippen LogP contribution is 2.30. The molecular weight excluding hydrogens is 358 g/mol. The molecule has 1 amide bonds. The van der Waals surface area contributed by atoms with Gasteiger partial charge in [-0.1, -0.05) is 74.5 Å². The summed E-state index contributed by atoms with van der Waals surface area (Å²) in [5.74, 6) is 0.0740. The van der Waals surface area contributed by atoms with Crippen molar-refractivity contribution in [1.82, 2.24) is 4.90 Å². The molecule has 1 heterocycles. The fraction of sp³-hybridized carbons (Fsp3) is 0.409. The largest absolute Gasteiger partial charge is 0.338 e. The van der Waals surface area contributed by atoms with Gasteiger partial charge in [0.25, 0.3) is 0 Å². The van der Waals surface area contributed by atoms with Crippen molar-refractivity contribution in [3.63, 3.8) is 0 Å². The van der Waals surface area contributed by atoms with Gasteiger partial charge in [0.2, 0.25) is 5.91 Å². The molecule has 1 atom stereocenters. The number of carbonyl (C=O) groups is 1. The summed E-state index contributed by atoms with van der Waals surface area (Å²) in [6.07, 6.45) is 0.525. The van der Waals surface area contributed by atoms with E-state index in [1.54, 1.807) is 0 Å². The van der Waals surface area contributed by atoms with Gasteiger partial charge in [-0.05, 0) is 23.5 Å². The van der Waals surface area contributed by atoms with E-state index in [1.807, 2.05) is 65.6 Å². The molecule has 0 radical (unpaired) electrons. The molecule has 1 aliphatic rings. The summed E-state index contributed by atoms with van der Waals surface area (Å²) in [5.41, 5.74) is 1.87. The molecule has 4 nitrogen and oxygen atoms in total. The van der Waals surface area contributed by atoms with Gasteiger partial charge in [0, 0.05) is 12.6 Å². The van der Waals surface area contributed by atoms with Gasteiger partial charge in [0.1, 0.15) is 0 Å². The van der Waals surface area contributed by atoms with Crippen LogP contribution in [0.25, 0.3) is 0 Å². The Labute approximate surface area is 162 Å². The van der Waals surface area contributed by atoms with Gasteiger partial charge in [-0.2, -0.15) is 0 Å². The van der Waals surface area contributed by atoms with Crippen LogP contribution in [-0.2, 0) is 14.6 Å². The molecule has 0 saturated carbocycles. The van der Waals surface area contributed by atoms with Gasteiger partial charge in [-0.15, -0.1) is 0 Å². The van der Waals surface area contributed by atoms with E-state index in [4.69, 9.17) is 0 Å². The van der Waals surface area contributed by atoms with Crippen LogP contribution in [0.4, 0.5) is 0 Å². The fourth-order valence-corrected chi connectivity index (χ4v) is 5.50. The van der Waals surface area contributed by atoms with Gasteiger partial charge < -0.3 is 4.90 Å². The maximum atomic E-state index is 13.7. The van der Waals surface area contributed by atoms with Crippen molar-refractivity contribution in [1.29, 1.82) is 0 Å². The molecule has 5 heteroatoms. The van der Waals surface area contributed by atoms with Crippen LogP contribution < -0.4 is 0 Å². The number of rotatable bonds is 6. The number of amides is 1. The number of hydrogen-bond acceptors (Lipinski definition) is 3. The maximum absolute atomic E-state index is 13.7. The summed E-state index contributed by atoms with van der Waals surface area (Å²) in [6, 6.07) is 19.2. The van der Waals surface area contributed by atoms with Gasteiger partial charge in [0.15, 0.2) is 9.84 Å². The van der Waals surface area contributed by atoms with Crippen LogP contribution in [0.2, 0.25) is 0 Å². The average molecular weight is 386 g/mol. The molecule has 0 aliphatic carbocycles. The highest BCUT2D eigenvalue weighted by Gasteiger charge is 2.38. The molecule has 0 spiro atoms. The van der Waals surface area contributed by atoms with Crippen molar-refractivity contribution < 1.29 is 13.2 Å². The van der Waals surface area contributed by atoms with Crippen molar-refractivity contribution in [3.8, 4) is 0 Å². The lowest BCUT2D eigenvalue weighted by atomic mass is 9.89. The van der Waals surface area contributed by atoms with Crippen molar-refractivity contribution >= 4 is 15.7 Å². The fourth-order valence-electron chi connectivity index (χ4n) is 3.77. The van der Waals surface area contributed by atoms with E-state index in [0.717, 1.165) is 11.1 Å². The third-order valence-corrected chi connectivity index (χ3v) is 6.76. The SMILES string of the molecule is CC(C)CN(C(=O)C(c1ccccc1)c1ccccc1)C1CCS(=O)(=O)C1. The maximum Gasteiger partial charge on any atom is 0.234 e. The Morgan fingerprint density at radius 2 is 1.52 bits per heavy atom. The lowest BCUT2D eigenvalue weighted by molar-refractivity contribution is -0.134. The zero-order chi connectivity index (χ0) is 19.4. The Morgan fingerprint density at radius 3 is 1.93 bits per heavy atom. The van der Waals surface area contributed by atoms with E-state index in [2.05, 4.69) is 13.8 Å². The summed E-state index contributed by atoms with van der Waals surface area (Å²) >= 11 is 0. The molecule has 1 saturated heterocycles. The van der Waals surface area contributed by atoms with Crippen molar-refractivity contribution in [2.75, 3.05) is 18.1 Å². The van der Waals surface area contributed by atoms with Crippen molar-refractivity contribution in [2.45, 2.75) is 32.2 Å². The summed E-state index contributed by atoms with van der Waals surface area (Å²) in [6.45, 7) is 4.68. The zero-order valence-corrected chi connectivity index (χ0v) is 16.7. The highest BCUT2D eigenvalue weighted by molar-refractivity contribution is 7.91. The van der Waals surface area contributed by atoms with Crippen LogP contribution in [0.5, 0.6) is 0 Å². The Morgan fingerprint density at radius 1 is 1.00 bits per heavy atom. The topological polar surface area (TPSA) is 54.5 Å². The van der Waals surface area contributed by atoms with Gasteiger partial charge in [0.05, 0.1) is 17.4 Å². The molecule has 0 aromatic heterocycles. The van der Waals surface area contributed by atoms with E-state index in [0.29, 0.717) is 13.0 Å². The predicted octanol–water partition coefficient (Wildman–Crippen LogP) is 3.49. The zero-order valence-electron chi connectivity index (χ0n) is 15.9. The van der Waals surface area contributed by atoms with Crippen LogP contribution in [0.1, 0.15) is 37.3 Å². The standard InChI is InChI=1S/C22H27NO3S/c1-17(2)15-23(20-13-14-27(25,26)16-20)22(24)21(18-9-5-3-6-10-18)19-11-7-4-8-12-19/h3-12,17,20-21H,13-16H2,1-2H3. The first-order chi connectivity index (χ1) is 12.9. The third-order valence-electron chi connectivity index (χ3n) is 5.01. The lowest BCUT2D eigenvalue weighted by Crippen LogP contribution is -2.45. The van der Waals surface area contributed by atoms with Crippen LogP contribution in [0, 0.1) is 5.92 Å². The molecular formula is C22H27NO3S. The molecule has 0 N–H and O–H groups in total. The van der Waals surface area contributed by atoms with E-state index in [9.17, 15) is 13.2 Å². The molecule has 1 unspecified atom stereocenters. The monoisotopic (exact) mass is 385 g/mol. The second kappa shape index (κ2) is 8.26. The Kier molecular flexibility index (Phi) is 6.00. The summed E-state index contributed by atoms with van der Waals surface area (Å²) in [5, 5.41) is 0. The number of nitrogens with zero attached hydrogens (tertiary/aromatic N) is 1. The minimum Gasteiger partial charge on any atom is -0.338 e. The number of benzene rings is 2. The molecule has 27 heavy (non-hydrogen) atoms. The first-order valence-electron chi connectivity index (χ1n) is 9.48. The lowest BCUT2D eigenvalue weighted by Gasteiger charge is -2.33. The number of sulfone groups is 1. The molecule has 2 aromatic carbocycles. The first-order valence-corrected chi connectivity index (χ1v) is 11.3. The normalized spacial score (nSPS) is 18.7. The summed E-state index contributed by atoms with van der Waals surface area (Å²) in [4.78, 5) is 15.5. The van der Waals surface area contributed by atoms with Crippen LogP contribution in [0.15, 0.2) is 60.7 Å². The van der Waals surface area contributed by atoms with Gasteiger partial charge in [-0.3, -0.25) is 4.79 Å². The minimum absolute atomic E-state index is 0.0109.